The molecule has 0 aliphatic heterocycles. The summed E-state index contributed by atoms with van der Waals surface area (Å²) in [4.78, 5) is 17.3. The third-order valence-electron chi connectivity index (χ3n) is 5.79. The lowest BCUT2D eigenvalue weighted by Crippen LogP contribution is -2.19. The zero-order valence-electron chi connectivity index (χ0n) is 21.0. The number of carbonyl (C=O) groups is 1. The van der Waals surface area contributed by atoms with Crippen LogP contribution in [0.1, 0.15) is 69.4 Å². The zero-order valence-corrected chi connectivity index (χ0v) is 22.6. The first-order valence-corrected chi connectivity index (χ1v) is 12.6. The molecule has 1 heterocycles. The number of benzene rings is 3. The molecule has 0 spiro atoms. The van der Waals surface area contributed by atoms with Gasteiger partial charge in [-0.25, -0.2) is 0 Å². The van der Waals surface area contributed by atoms with E-state index in [0.29, 0.717) is 5.56 Å². The Hall–Kier alpha value is -2.98. The molecule has 0 unspecified atom stereocenters. The van der Waals surface area contributed by atoms with Crippen LogP contribution in [0, 0.1) is 6.92 Å². The number of halogens is 1. The highest BCUT2D eigenvalue weighted by atomic mass is 79.9. The summed E-state index contributed by atoms with van der Waals surface area (Å²) in [6, 6.07) is 14.0. The minimum absolute atomic E-state index is 0.0407. The largest absolute Gasteiger partial charge is 0.456 e. The van der Waals surface area contributed by atoms with Crippen LogP contribution in [0.25, 0.3) is 33.9 Å². The first kappa shape index (κ1) is 25.6. The van der Waals surface area contributed by atoms with Crippen molar-refractivity contribution in [3.05, 3.63) is 74.3 Å². The number of Topliss-reactive ketones (excluding diaryl/α,β-unsaturated/α-hetero) is 1. The van der Waals surface area contributed by atoms with Crippen LogP contribution >= 0.6 is 15.9 Å². The quantitative estimate of drug-likeness (QED) is 0.203. The molecule has 0 fully saturated rings. The Morgan fingerprint density at radius 3 is 2.44 bits per heavy atom. The van der Waals surface area contributed by atoms with Gasteiger partial charge in [-0.05, 0) is 69.3 Å². The van der Waals surface area contributed by atoms with E-state index in [-0.39, 0.29) is 5.78 Å². The Balaban J connectivity index is 0.00000158. The van der Waals surface area contributed by atoms with Gasteiger partial charge in [-0.15, -0.1) is 0 Å². The third kappa shape index (κ3) is 4.78. The second-order valence-corrected chi connectivity index (χ2v) is 8.85. The molecule has 176 valence electrons. The Kier molecular flexibility index (Phi) is 8.27. The van der Waals surface area contributed by atoms with Gasteiger partial charge in [0, 0.05) is 43.4 Å². The zero-order chi connectivity index (χ0) is 25.0. The molecule has 0 saturated carbocycles. The van der Waals surface area contributed by atoms with Crippen molar-refractivity contribution in [1.29, 1.82) is 0 Å². The SMILES string of the molecule is C/C=c1/oc2cc(N=C(C)c3cccc4c(Br)ccc(C(C)=O)c34)c(C)cc2/c1=C/CC.CC. The molecular formula is C30H32BrNO2. The number of carbonyl (C=O) groups excluding carboxylic acids is 1. The van der Waals surface area contributed by atoms with E-state index in [0.717, 1.165) is 65.8 Å². The molecular weight excluding hydrogens is 486 g/mol. The molecule has 4 rings (SSSR count). The van der Waals surface area contributed by atoms with Crippen molar-refractivity contribution in [3.63, 3.8) is 0 Å². The monoisotopic (exact) mass is 517 g/mol. The molecule has 0 saturated heterocycles. The fourth-order valence-electron chi connectivity index (χ4n) is 4.23. The van der Waals surface area contributed by atoms with Crippen LogP contribution in [0.4, 0.5) is 5.69 Å². The van der Waals surface area contributed by atoms with Gasteiger partial charge in [-0.2, -0.15) is 0 Å². The molecule has 3 aromatic carbocycles. The number of aryl methyl sites for hydroxylation is 1. The average Bonchev–Trinajstić information content (AvgIpc) is 3.17. The lowest BCUT2D eigenvalue weighted by atomic mass is 9.95. The topological polar surface area (TPSA) is 42.6 Å². The number of furan rings is 1. The smallest absolute Gasteiger partial charge is 0.160 e. The van der Waals surface area contributed by atoms with Gasteiger partial charge in [-0.1, -0.05) is 61.0 Å². The summed E-state index contributed by atoms with van der Waals surface area (Å²) in [6.45, 7) is 13.8. The van der Waals surface area contributed by atoms with Crippen LogP contribution in [0.2, 0.25) is 0 Å². The van der Waals surface area contributed by atoms with Gasteiger partial charge in [0.15, 0.2) is 5.78 Å². The number of rotatable bonds is 4. The van der Waals surface area contributed by atoms with Crippen LogP contribution < -0.4 is 10.6 Å². The van der Waals surface area contributed by atoms with E-state index in [4.69, 9.17) is 9.41 Å². The van der Waals surface area contributed by atoms with Gasteiger partial charge in [0.05, 0.1) is 5.69 Å². The number of fused-ring (bicyclic) bond motifs is 2. The molecule has 4 heteroatoms. The molecule has 0 amide bonds. The fourth-order valence-corrected chi connectivity index (χ4v) is 4.70. The van der Waals surface area contributed by atoms with Crippen molar-refractivity contribution >= 4 is 67.0 Å². The normalized spacial score (nSPS) is 12.9. The molecule has 4 aromatic rings. The molecule has 0 radical (unpaired) electrons. The van der Waals surface area contributed by atoms with Crippen molar-refractivity contribution in [1.82, 2.24) is 0 Å². The van der Waals surface area contributed by atoms with Crippen LogP contribution in [0.5, 0.6) is 0 Å². The summed E-state index contributed by atoms with van der Waals surface area (Å²) in [5.74, 6) is 0.0407. The second-order valence-electron chi connectivity index (χ2n) is 7.99. The molecule has 3 nitrogen and oxygen atoms in total. The Bertz CT molecular complexity index is 1520. The summed E-state index contributed by atoms with van der Waals surface area (Å²) in [7, 11) is 0. The van der Waals surface area contributed by atoms with Crippen LogP contribution in [-0.4, -0.2) is 11.5 Å². The standard InChI is InChI=1S/C28H26BrNO2.C2H6/c1-6-9-21-23-14-16(3)25(15-27(23)32-26(21)7-2)30-17(4)19-10-8-11-22-24(29)13-12-20(18(5)31)28(19)22;1-2/h7-15H,6H2,1-5H3;1-2H3/b21-9-,26-7+,30-17?;. The van der Waals surface area contributed by atoms with Crippen molar-refractivity contribution in [2.45, 2.75) is 54.9 Å². The van der Waals surface area contributed by atoms with Gasteiger partial charge in [0.1, 0.15) is 11.0 Å². The van der Waals surface area contributed by atoms with E-state index < -0.39 is 0 Å². The molecule has 0 N–H and O–H groups in total. The number of aliphatic imine (C=N–C) groups is 1. The molecule has 0 bridgehead atoms. The van der Waals surface area contributed by atoms with Crippen molar-refractivity contribution < 1.29 is 9.21 Å². The molecule has 0 aliphatic carbocycles. The van der Waals surface area contributed by atoms with Crippen molar-refractivity contribution in [2.75, 3.05) is 0 Å². The van der Waals surface area contributed by atoms with Crippen LogP contribution in [-0.2, 0) is 0 Å². The summed E-state index contributed by atoms with van der Waals surface area (Å²) >= 11 is 3.63. The molecule has 1 aromatic heterocycles. The van der Waals surface area contributed by atoms with Gasteiger partial charge in [0.25, 0.3) is 0 Å². The summed E-state index contributed by atoms with van der Waals surface area (Å²) < 4.78 is 7.07. The van der Waals surface area contributed by atoms with Crippen molar-refractivity contribution in [2.24, 2.45) is 4.99 Å². The first-order chi connectivity index (χ1) is 16.3. The average molecular weight is 518 g/mol. The van der Waals surface area contributed by atoms with E-state index in [1.54, 1.807) is 6.92 Å². The van der Waals surface area contributed by atoms with Gasteiger partial charge in [-0.3, -0.25) is 9.79 Å². The lowest BCUT2D eigenvalue weighted by molar-refractivity contribution is 0.101. The highest BCUT2D eigenvalue weighted by Crippen LogP contribution is 2.32. The molecule has 34 heavy (non-hydrogen) atoms. The fraction of sp³-hybridized carbons (Fsp3) is 0.267. The van der Waals surface area contributed by atoms with E-state index in [1.165, 1.54) is 0 Å². The summed E-state index contributed by atoms with van der Waals surface area (Å²) in [5.41, 5.74) is 6.19. The highest BCUT2D eigenvalue weighted by Gasteiger charge is 2.14. The number of ketones is 1. The van der Waals surface area contributed by atoms with Gasteiger partial charge in [0.2, 0.25) is 0 Å². The maximum absolute atomic E-state index is 12.3. The van der Waals surface area contributed by atoms with Crippen LogP contribution in [0.15, 0.2) is 56.3 Å². The highest BCUT2D eigenvalue weighted by molar-refractivity contribution is 9.10. The molecule has 0 atom stereocenters. The Morgan fingerprint density at radius 2 is 1.79 bits per heavy atom. The number of hydrogen-bond donors (Lipinski definition) is 0. The first-order valence-electron chi connectivity index (χ1n) is 11.8. The third-order valence-corrected chi connectivity index (χ3v) is 6.48. The minimum atomic E-state index is 0.0407. The number of nitrogens with zero attached hydrogens (tertiary/aromatic N) is 1. The number of hydrogen-bond acceptors (Lipinski definition) is 3. The van der Waals surface area contributed by atoms with E-state index >= 15 is 0 Å². The van der Waals surface area contributed by atoms with Crippen molar-refractivity contribution in [3.8, 4) is 0 Å². The Labute approximate surface area is 210 Å². The predicted molar refractivity (Wildman–Crippen MR) is 150 cm³/mol. The second kappa shape index (κ2) is 11.0. The summed E-state index contributed by atoms with van der Waals surface area (Å²) in [6.07, 6.45) is 5.15. The van der Waals surface area contributed by atoms with E-state index in [9.17, 15) is 4.79 Å². The van der Waals surface area contributed by atoms with E-state index in [2.05, 4.69) is 41.9 Å². The maximum atomic E-state index is 12.3. The van der Waals surface area contributed by atoms with Gasteiger partial charge < -0.3 is 4.42 Å². The maximum Gasteiger partial charge on any atom is 0.160 e. The van der Waals surface area contributed by atoms with Gasteiger partial charge >= 0.3 is 0 Å². The lowest BCUT2D eigenvalue weighted by Gasteiger charge is -2.12. The molecule has 0 aliphatic rings. The predicted octanol–water partition coefficient (Wildman–Crippen LogP) is 8.02. The van der Waals surface area contributed by atoms with E-state index in [1.807, 2.05) is 70.2 Å². The Morgan fingerprint density at radius 1 is 1.06 bits per heavy atom. The summed E-state index contributed by atoms with van der Waals surface area (Å²) in [5, 5.41) is 4.19. The van der Waals surface area contributed by atoms with Crippen LogP contribution in [0.3, 0.4) is 0 Å². The minimum Gasteiger partial charge on any atom is -0.456 e.